The SMILES string of the molecule is Nc1ncnn2c(-c3cnc(C(F)(F)F)c(C(=O)[O-])c3)cc(C(F)(F)F)c12.[Li+]. The third-order valence-corrected chi connectivity index (χ3v) is 3.56. The van der Waals surface area contributed by atoms with Crippen LogP contribution in [-0.4, -0.2) is 25.6 Å². The average Bonchev–Trinajstić information content (AvgIpc) is 2.94. The van der Waals surface area contributed by atoms with E-state index in [0.717, 1.165) is 6.33 Å². The van der Waals surface area contributed by atoms with E-state index in [0.29, 0.717) is 22.8 Å². The molecule has 0 spiro atoms. The molecule has 0 atom stereocenters. The number of anilines is 1. The van der Waals surface area contributed by atoms with Gasteiger partial charge in [-0.05, 0) is 12.1 Å². The second-order valence-corrected chi connectivity index (χ2v) is 5.25. The van der Waals surface area contributed by atoms with Gasteiger partial charge < -0.3 is 15.6 Å². The van der Waals surface area contributed by atoms with Crippen molar-refractivity contribution in [2.75, 3.05) is 5.73 Å². The molecule has 3 aromatic heterocycles. The Hall–Kier alpha value is -2.78. The quantitative estimate of drug-likeness (QED) is 0.429. The number of carbonyl (C=O) groups is 1. The summed E-state index contributed by atoms with van der Waals surface area (Å²) in [6.07, 6.45) is -8.56. The molecule has 2 N–H and O–H groups in total. The zero-order valence-corrected chi connectivity index (χ0v) is 13.8. The van der Waals surface area contributed by atoms with Gasteiger partial charge in [0.2, 0.25) is 0 Å². The molecule has 0 saturated carbocycles. The van der Waals surface area contributed by atoms with Gasteiger partial charge in [-0.2, -0.15) is 31.4 Å². The maximum Gasteiger partial charge on any atom is 1.00 e. The molecule has 0 unspecified atom stereocenters. The van der Waals surface area contributed by atoms with Crippen LogP contribution in [0.15, 0.2) is 24.7 Å². The second-order valence-electron chi connectivity index (χ2n) is 5.25. The number of pyridine rings is 1. The smallest absolute Gasteiger partial charge is 0.545 e. The minimum atomic E-state index is -5.10. The van der Waals surface area contributed by atoms with Gasteiger partial charge >= 0.3 is 31.2 Å². The van der Waals surface area contributed by atoms with Crippen molar-refractivity contribution in [1.29, 1.82) is 0 Å². The minimum absolute atomic E-state index is 0. The Balaban J connectivity index is 0.00000280. The number of carbonyl (C=O) groups excluding carboxylic acids is 1. The number of halogens is 6. The maximum absolute atomic E-state index is 13.3. The number of aromatic nitrogens is 4. The predicted molar refractivity (Wildman–Crippen MR) is 75.0 cm³/mol. The molecule has 28 heavy (non-hydrogen) atoms. The Kier molecular flexibility index (Phi) is 5.37. The van der Waals surface area contributed by atoms with Crippen LogP contribution in [0.1, 0.15) is 21.6 Å². The van der Waals surface area contributed by atoms with Crippen molar-refractivity contribution in [2.45, 2.75) is 12.4 Å². The van der Waals surface area contributed by atoms with E-state index >= 15 is 0 Å². The molecule has 0 aromatic carbocycles. The van der Waals surface area contributed by atoms with Crippen LogP contribution in [0, 0.1) is 0 Å². The molecule has 14 heteroatoms. The van der Waals surface area contributed by atoms with Crippen LogP contribution in [0.5, 0.6) is 0 Å². The summed E-state index contributed by atoms with van der Waals surface area (Å²) in [5.41, 5.74) is -0.227. The van der Waals surface area contributed by atoms with Gasteiger partial charge in [0.25, 0.3) is 0 Å². The molecule has 142 valence electrons. The molecule has 0 aliphatic carbocycles. The van der Waals surface area contributed by atoms with E-state index in [9.17, 15) is 36.2 Å². The van der Waals surface area contributed by atoms with Crippen LogP contribution in [-0.2, 0) is 12.4 Å². The van der Waals surface area contributed by atoms with E-state index in [2.05, 4.69) is 15.1 Å². The third-order valence-electron chi connectivity index (χ3n) is 3.56. The Morgan fingerprint density at radius 2 is 1.71 bits per heavy atom. The standard InChI is InChI=1S/C14H7F6N5O2.Li/c15-13(16,17)7-2-8(25-9(7)11(21)23-4-24-25)5-1-6(12(26)27)10(22-3-5)14(18,19)20;/h1-4H,(H,26,27)(H2,21,23,24);/q;+1/p-1. The number of alkyl halides is 6. The largest absolute Gasteiger partial charge is 1.00 e. The first-order valence-electron chi connectivity index (χ1n) is 6.89. The van der Waals surface area contributed by atoms with Crippen LogP contribution in [0.3, 0.4) is 0 Å². The summed E-state index contributed by atoms with van der Waals surface area (Å²) in [5, 5.41) is 14.7. The van der Waals surface area contributed by atoms with E-state index in [1.54, 1.807) is 0 Å². The minimum Gasteiger partial charge on any atom is -0.545 e. The number of nitrogens with zero attached hydrogens (tertiary/aromatic N) is 4. The van der Waals surface area contributed by atoms with Crippen LogP contribution < -0.4 is 29.7 Å². The van der Waals surface area contributed by atoms with Gasteiger partial charge in [0.15, 0.2) is 11.5 Å². The summed E-state index contributed by atoms with van der Waals surface area (Å²) in [5.74, 6) is -2.72. The van der Waals surface area contributed by atoms with Gasteiger partial charge in [0, 0.05) is 17.3 Å². The Labute approximate surface area is 163 Å². The summed E-state index contributed by atoms with van der Waals surface area (Å²) in [6, 6.07) is 1.06. The number of carboxylic acids is 1. The molecule has 0 amide bonds. The number of nitrogen functional groups attached to an aromatic ring is 1. The third kappa shape index (κ3) is 3.63. The Morgan fingerprint density at radius 3 is 2.25 bits per heavy atom. The zero-order chi connectivity index (χ0) is 20.1. The van der Waals surface area contributed by atoms with E-state index in [-0.39, 0.29) is 30.1 Å². The first-order valence-corrected chi connectivity index (χ1v) is 6.89. The van der Waals surface area contributed by atoms with E-state index < -0.39 is 46.5 Å². The summed E-state index contributed by atoms with van der Waals surface area (Å²) >= 11 is 0. The van der Waals surface area contributed by atoms with Crippen LogP contribution in [0.2, 0.25) is 0 Å². The molecule has 0 aliphatic rings. The summed E-state index contributed by atoms with van der Waals surface area (Å²) < 4.78 is 79.1. The predicted octanol–water partition coefficient (Wildman–Crippen LogP) is -1.22. The topological polar surface area (TPSA) is 109 Å². The zero-order valence-electron chi connectivity index (χ0n) is 13.8. The number of fused-ring (bicyclic) bond motifs is 1. The van der Waals surface area contributed by atoms with Crippen LogP contribution in [0.25, 0.3) is 16.8 Å². The molecule has 3 rings (SSSR count). The number of hydrogen-bond donors (Lipinski definition) is 1. The van der Waals surface area contributed by atoms with E-state index in [1.165, 1.54) is 0 Å². The van der Waals surface area contributed by atoms with Gasteiger partial charge in [-0.1, -0.05) is 0 Å². The molecule has 0 bridgehead atoms. The van der Waals surface area contributed by atoms with Crippen LogP contribution in [0.4, 0.5) is 32.2 Å². The van der Waals surface area contributed by atoms with Crippen LogP contribution >= 0.6 is 0 Å². The number of aromatic carboxylic acids is 1. The summed E-state index contributed by atoms with van der Waals surface area (Å²) in [7, 11) is 0. The number of hydrogen-bond acceptors (Lipinski definition) is 6. The first kappa shape index (κ1) is 21.5. The molecule has 0 aliphatic heterocycles. The van der Waals surface area contributed by atoms with Crippen molar-refractivity contribution in [3.8, 4) is 11.3 Å². The van der Waals surface area contributed by atoms with E-state index in [1.807, 2.05) is 0 Å². The van der Waals surface area contributed by atoms with Crippen molar-refractivity contribution < 1.29 is 55.1 Å². The van der Waals surface area contributed by atoms with Crippen molar-refractivity contribution >= 4 is 17.3 Å². The van der Waals surface area contributed by atoms with Gasteiger partial charge in [0.1, 0.15) is 11.8 Å². The van der Waals surface area contributed by atoms with Gasteiger partial charge in [-0.25, -0.2) is 9.50 Å². The fourth-order valence-electron chi connectivity index (χ4n) is 2.48. The molecule has 7 nitrogen and oxygen atoms in total. The average molecular weight is 397 g/mol. The molecule has 3 heterocycles. The molecular formula is C14H6F6LiN5O2. The number of rotatable bonds is 2. The monoisotopic (exact) mass is 397 g/mol. The summed E-state index contributed by atoms with van der Waals surface area (Å²) in [4.78, 5) is 17.5. The molecule has 0 fully saturated rings. The molecule has 0 radical (unpaired) electrons. The molecular weight excluding hydrogens is 391 g/mol. The molecule has 0 saturated heterocycles. The van der Waals surface area contributed by atoms with Gasteiger partial charge in [-0.15, -0.1) is 0 Å². The fourth-order valence-corrected chi connectivity index (χ4v) is 2.48. The number of carboxylic acid groups (broad SMARTS) is 1. The maximum atomic E-state index is 13.3. The van der Waals surface area contributed by atoms with Crippen molar-refractivity contribution in [3.05, 3.63) is 41.5 Å². The number of nitrogens with two attached hydrogens (primary N) is 1. The summed E-state index contributed by atoms with van der Waals surface area (Å²) in [6.45, 7) is 0. The van der Waals surface area contributed by atoms with Crippen molar-refractivity contribution in [2.24, 2.45) is 0 Å². The van der Waals surface area contributed by atoms with Gasteiger partial charge in [0.05, 0.1) is 17.2 Å². The first-order chi connectivity index (χ1) is 12.4. The van der Waals surface area contributed by atoms with Crippen molar-refractivity contribution in [1.82, 2.24) is 19.6 Å². The van der Waals surface area contributed by atoms with Gasteiger partial charge in [-0.3, -0.25) is 4.98 Å². The van der Waals surface area contributed by atoms with E-state index in [4.69, 9.17) is 5.73 Å². The Morgan fingerprint density at radius 1 is 1.07 bits per heavy atom. The second kappa shape index (κ2) is 6.99. The molecule has 3 aromatic rings. The fraction of sp³-hybridized carbons (Fsp3) is 0.143. The van der Waals surface area contributed by atoms with Crippen molar-refractivity contribution in [3.63, 3.8) is 0 Å². The normalized spacial score (nSPS) is 12.1. The Bertz CT molecular complexity index is 1060.